The lowest BCUT2D eigenvalue weighted by Crippen LogP contribution is -2.16. The first-order valence-corrected chi connectivity index (χ1v) is 7.26. The van der Waals surface area contributed by atoms with Gasteiger partial charge in [0.15, 0.2) is 0 Å². The maximum Gasteiger partial charge on any atom is 0.311 e. The predicted octanol–water partition coefficient (Wildman–Crippen LogP) is 3.03. The van der Waals surface area contributed by atoms with Crippen LogP contribution in [0.15, 0.2) is 24.4 Å². The molecule has 0 radical (unpaired) electrons. The van der Waals surface area contributed by atoms with E-state index >= 15 is 0 Å². The largest absolute Gasteiger partial charge is 0.426 e. The second kappa shape index (κ2) is 7.10. The van der Waals surface area contributed by atoms with Gasteiger partial charge in [-0.2, -0.15) is 0 Å². The Labute approximate surface area is 119 Å². The van der Waals surface area contributed by atoms with Gasteiger partial charge in [-0.05, 0) is 43.6 Å². The minimum Gasteiger partial charge on any atom is -0.426 e. The van der Waals surface area contributed by atoms with Gasteiger partial charge in [-0.1, -0.05) is 19.9 Å². The van der Waals surface area contributed by atoms with E-state index in [1.807, 2.05) is 31.3 Å². The number of fused-ring (bicyclic) bond motifs is 1. The monoisotopic (exact) mass is 274 g/mol. The van der Waals surface area contributed by atoms with Crippen LogP contribution in [0.2, 0.25) is 0 Å². The summed E-state index contributed by atoms with van der Waals surface area (Å²) in [5, 5.41) is 4.33. The van der Waals surface area contributed by atoms with E-state index in [0.717, 1.165) is 36.8 Å². The second-order valence-electron chi connectivity index (χ2n) is 4.82. The van der Waals surface area contributed by atoms with Crippen molar-refractivity contribution in [2.24, 2.45) is 0 Å². The molecular formula is C16H22N2O2. The Morgan fingerprint density at radius 3 is 2.95 bits per heavy atom. The molecule has 108 valence electrons. The van der Waals surface area contributed by atoms with Gasteiger partial charge in [0.25, 0.3) is 0 Å². The Bertz CT molecular complexity index is 575. The number of nitrogens with one attached hydrogen (secondary N) is 2. The summed E-state index contributed by atoms with van der Waals surface area (Å²) in [4.78, 5) is 14.9. The highest BCUT2D eigenvalue weighted by molar-refractivity contribution is 5.91. The first-order valence-electron chi connectivity index (χ1n) is 7.26. The molecule has 0 fully saturated rings. The highest BCUT2D eigenvalue weighted by Gasteiger charge is 2.12. The van der Waals surface area contributed by atoms with Gasteiger partial charge in [-0.25, -0.2) is 0 Å². The minimum atomic E-state index is -0.168. The minimum absolute atomic E-state index is 0.168. The summed E-state index contributed by atoms with van der Waals surface area (Å²) in [7, 11) is 0. The quantitative estimate of drug-likeness (QED) is 0.463. The molecule has 0 aliphatic carbocycles. The number of H-pyrrole nitrogens is 1. The fourth-order valence-electron chi connectivity index (χ4n) is 2.28. The van der Waals surface area contributed by atoms with Crippen molar-refractivity contribution in [2.45, 2.75) is 33.1 Å². The summed E-state index contributed by atoms with van der Waals surface area (Å²) in [5.74, 6) is 0.493. The number of ether oxygens (including phenoxy) is 1. The zero-order valence-corrected chi connectivity index (χ0v) is 12.2. The first kappa shape index (κ1) is 14.6. The molecule has 1 aromatic carbocycles. The van der Waals surface area contributed by atoms with Crippen molar-refractivity contribution in [1.29, 1.82) is 0 Å². The standard InChI is InChI=1S/C16H22N2O2/c1-3-6-15(19)20-14-8-5-7-13-16(14)12(11-18-13)9-10-17-4-2/h5,7-8,11,17-18H,3-4,6,9-10H2,1-2H3. The third kappa shape index (κ3) is 3.39. The van der Waals surface area contributed by atoms with E-state index in [4.69, 9.17) is 4.74 Å². The van der Waals surface area contributed by atoms with Crippen molar-refractivity contribution in [3.63, 3.8) is 0 Å². The Morgan fingerprint density at radius 1 is 1.35 bits per heavy atom. The molecule has 4 heteroatoms. The van der Waals surface area contributed by atoms with Gasteiger partial charge in [0.1, 0.15) is 5.75 Å². The molecule has 0 aliphatic rings. The molecule has 0 saturated heterocycles. The van der Waals surface area contributed by atoms with E-state index in [2.05, 4.69) is 17.2 Å². The fraction of sp³-hybridized carbons (Fsp3) is 0.438. The SMILES string of the molecule is CCCC(=O)Oc1cccc2[nH]cc(CCNCC)c12. The van der Waals surface area contributed by atoms with Crippen molar-refractivity contribution < 1.29 is 9.53 Å². The summed E-state index contributed by atoms with van der Waals surface area (Å²) < 4.78 is 5.49. The molecule has 20 heavy (non-hydrogen) atoms. The van der Waals surface area contributed by atoms with E-state index in [0.29, 0.717) is 12.2 Å². The van der Waals surface area contributed by atoms with Crippen molar-refractivity contribution in [3.05, 3.63) is 30.0 Å². The normalized spacial score (nSPS) is 10.9. The summed E-state index contributed by atoms with van der Waals surface area (Å²) in [6, 6.07) is 5.77. The number of aromatic amines is 1. The number of esters is 1. The summed E-state index contributed by atoms with van der Waals surface area (Å²) in [6.45, 7) is 5.94. The van der Waals surface area contributed by atoms with Crippen LogP contribution in [0.4, 0.5) is 0 Å². The predicted molar refractivity (Wildman–Crippen MR) is 81.1 cm³/mol. The molecule has 2 rings (SSSR count). The van der Waals surface area contributed by atoms with Crippen LogP contribution in [0.5, 0.6) is 5.75 Å². The molecule has 2 N–H and O–H groups in total. The average molecular weight is 274 g/mol. The van der Waals surface area contributed by atoms with E-state index < -0.39 is 0 Å². The van der Waals surface area contributed by atoms with Crippen LogP contribution in [-0.4, -0.2) is 24.0 Å². The molecule has 4 nitrogen and oxygen atoms in total. The second-order valence-corrected chi connectivity index (χ2v) is 4.82. The van der Waals surface area contributed by atoms with Crippen LogP contribution in [0, 0.1) is 0 Å². The average Bonchev–Trinajstić information content (AvgIpc) is 2.84. The Hall–Kier alpha value is -1.81. The van der Waals surface area contributed by atoms with Gasteiger partial charge in [0.05, 0.1) is 0 Å². The number of carbonyl (C=O) groups is 1. The molecule has 0 atom stereocenters. The lowest BCUT2D eigenvalue weighted by molar-refractivity contribution is -0.134. The number of hydrogen-bond donors (Lipinski definition) is 2. The molecular weight excluding hydrogens is 252 g/mol. The molecule has 0 spiro atoms. The fourth-order valence-corrected chi connectivity index (χ4v) is 2.28. The van der Waals surface area contributed by atoms with E-state index in [1.54, 1.807) is 0 Å². The van der Waals surface area contributed by atoms with Crippen LogP contribution >= 0.6 is 0 Å². The number of carbonyl (C=O) groups excluding carboxylic acids is 1. The van der Waals surface area contributed by atoms with Crippen molar-refractivity contribution in [1.82, 2.24) is 10.3 Å². The Morgan fingerprint density at radius 2 is 2.20 bits per heavy atom. The van der Waals surface area contributed by atoms with Gasteiger partial charge in [0, 0.05) is 23.5 Å². The molecule has 0 saturated carbocycles. The third-order valence-electron chi connectivity index (χ3n) is 3.25. The summed E-state index contributed by atoms with van der Waals surface area (Å²) >= 11 is 0. The van der Waals surface area contributed by atoms with Crippen molar-refractivity contribution in [3.8, 4) is 5.75 Å². The molecule has 0 amide bonds. The van der Waals surface area contributed by atoms with E-state index in [-0.39, 0.29) is 5.97 Å². The zero-order chi connectivity index (χ0) is 14.4. The first-order chi connectivity index (χ1) is 9.76. The molecule has 1 aromatic heterocycles. The number of rotatable bonds is 7. The van der Waals surface area contributed by atoms with Crippen molar-refractivity contribution in [2.75, 3.05) is 13.1 Å². The Balaban J connectivity index is 2.24. The maximum atomic E-state index is 11.7. The lowest BCUT2D eigenvalue weighted by Gasteiger charge is -2.07. The van der Waals surface area contributed by atoms with Gasteiger partial charge >= 0.3 is 5.97 Å². The van der Waals surface area contributed by atoms with E-state index in [9.17, 15) is 4.79 Å². The molecule has 1 heterocycles. The third-order valence-corrected chi connectivity index (χ3v) is 3.25. The lowest BCUT2D eigenvalue weighted by atomic mass is 10.1. The van der Waals surface area contributed by atoms with Gasteiger partial charge in [-0.3, -0.25) is 4.79 Å². The maximum absolute atomic E-state index is 11.7. The van der Waals surface area contributed by atoms with Crippen LogP contribution < -0.4 is 10.1 Å². The molecule has 0 unspecified atom stereocenters. The smallest absolute Gasteiger partial charge is 0.311 e. The summed E-state index contributed by atoms with van der Waals surface area (Å²) in [5.41, 5.74) is 2.19. The van der Waals surface area contributed by atoms with Crippen LogP contribution in [-0.2, 0) is 11.2 Å². The van der Waals surface area contributed by atoms with Crippen molar-refractivity contribution >= 4 is 16.9 Å². The highest BCUT2D eigenvalue weighted by atomic mass is 16.5. The number of likely N-dealkylation sites (N-methyl/N-ethyl adjacent to an activating group) is 1. The molecule has 0 aliphatic heterocycles. The zero-order valence-electron chi connectivity index (χ0n) is 12.2. The van der Waals surface area contributed by atoms with Gasteiger partial charge in [-0.15, -0.1) is 0 Å². The van der Waals surface area contributed by atoms with Crippen LogP contribution in [0.3, 0.4) is 0 Å². The van der Waals surface area contributed by atoms with Gasteiger partial charge < -0.3 is 15.0 Å². The number of hydrogen-bond acceptors (Lipinski definition) is 3. The molecule has 2 aromatic rings. The number of aromatic nitrogens is 1. The topological polar surface area (TPSA) is 54.1 Å². The highest BCUT2D eigenvalue weighted by Crippen LogP contribution is 2.29. The number of benzene rings is 1. The Kier molecular flexibility index (Phi) is 5.18. The van der Waals surface area contributed by atoms with E-state index in [1.165, 1.54) is 5.56 Å². The molecule has 0 bridgehead atoms. The summed E-state index contributed by atoms with van der Waals surface area (Å²) in [6.07, 6.45) is 4.16. The van der Waals surface area contributed by atoms with Crippen LogP contribution in [0.1, 0.15) is 32.3 Å². The van der Waals surface area contributed by atoms with Gasteiger partial charge in [0.2, 0.25) is 0 Å². The van der Waals surface area contributed by atoms with Crippen LogP contribution in [0.25, 0.3) is 10.9 Å².